The number of aromatic nitrogens is 1. The molecule has 0 bridgehead atoms. The first-order valence-electron chi connectivity index (χ1n) is 7.04. The number of ether oxygens (including phenoxy) is 1. The Kier molecular flexibility index (Phi) is 8.38. The molecular formula is C15H26N2O2. The first kappa shape index (κ1) is 16.1. The molecule has 0 amide bonds. The minimum atomic E-state index is -0.417. The van der Waals surface area contributed by atoms with Crippen LogP contribution in [0.3, 0.4) is 0 Å². The molecule has 4 heteroatoms. The van der Waals surface area contributed by atoms with Gasteiger partial charge in [0.1, 0.15) is 0 Å². The Balaban J connectivity index is 1.95. The SMILES string of the molecule is CC(C)CNCC(O)COCCCc1ccncc1. The quantitative estimate of drug-likeness (QED) is 0.632. The van der Waals surface area contributed by atoms with Crippen LogP contribution in [0, 0.1) is 5.92 Å². The van der Waals surface area contributed by atoms with E-state index in [4.69, 9.17) is 4.74 Å². The molecule has 19 heavy (non-hydrogen) atoms. The summed E-state index contributed by atoms with van der Waals surface area (Å²) in [5.41, 5.74) is 1.28. The Morgan fingerprint density at radius 3 is 2.68 bits per heavy atom. The smallest absolute Gasteiger partial charge is 0.0897 e. The van der Waals surface area contributed by atoms with Crippen molar-refractivity contribution < 1.29 is 9.84 Å². The monoisotopic (exact) mass is 266 g/mol. The van der Waals surface area contributed by atoms with Crippen LogP contribution in [-0.2, 0) is 11.2 Å². The zero-order valence-corrected chi connectivity index (χ0v) is 12.0. The number of hydrogen-bond acceptors (Lipinski definition) is 4. The van der Waals surface area contributed by atoms with Gasteiger partial charge < -0.3 is 15.2 Å². The van der Waals surface area contributed by atoms with Gasteiger partial charge in [-0.2, -0.15) is 0 Å². The molecule has 108 valence electrons. The first-order chi connectivity index (χ1) is 9.18. The second-order valence-electron chi connectivity index (χ2n) is 5.24. The maximum Gasteiger partial charge on any atom is 0.0897 e. The van der Waals surface area contributed by atoms with Crippen LogP contribution in [0.2, 0.25) is 0 Å². The van der Waals surface area contributed by atoms with E-state index < -0.39 is 6.10 Å². The van der Waals surface area contributed by atoms with E-state index in [9.17, 15) is 5.11 Å². The Hall–Kier alpha value is -0.970. The molecular weight excluding hydrogens is 240 g/mol. The molecule has 1 aromatic heterocycles. The molecule has 0 saturated carbocycles. The summed E-state index contributed by atoms with van der Waals surface area (Å²) in [7, 11) is 0. The van der Waals surface area contributed by atoms with Gasteiger partial charge in [0, 0.05) is 25.5 Å². The zero-order valence-electron chi connectivity index (χ0n) is 12.0. The molecule has 0 spiro atoms. The maximum absolute atomic E-state index is 9.68. The van der Waals surface area contributed by atoms with Crippen LogP contribution < -0.4 is 5.32 Å². The van der Waals surface area contributed by atoms with Crippen molar-refractivity contribution >= 4 is 0 Å². The average molecular weight is 266 g/mol. The lowest BCUT2D eigenvalue weighted by Gasteiger charge is -2.13. The highest BCUT2D eigenvalue weighted by Crippen LogP contribution is 2.01. The van der Waals surface area contributed by atoms with Gasteiger partial charge in [-0.15, -0.1) is 0 Å². The summed E-state index contributed by atoms with van der Waals surface area (Å²) in [4.78, 5) is 3.98. The molecule has 0 aliphatic carbocycles. The summed E-state index contributed by atoms with van der Waals surface area (Å²) < 4.78 is 5.47. The summed E-state index contributed by atoms with van der Waals surface area (Å²) in [6, 6.07) is 4.04. The van der Waals surface area contributed by atoms with Gasteiger partial charge >= 0.3 is 0 Å². The largest absolute Gasteiger partial charge is 0.389 e. The maximum atomic E-state index is 9.68. The van der Waals surface area contributed by atoms with E-state index in [0.717, 1.165) is 19.4 Å². The number of nitrogens with zero attached hydrogens (tertiary/aromatic N) is 1. The van der Waals surface area contributed by atoms with Crippen LogP contribution in [0.25, 0.3) is 0 Å². The van der Waals surface area contributed by atoms with E-state index in [-0.39, 0.29) is 0 Å². The molecule has 1 rings (SSSR count). The Morgan fingerprint density at radius 1 is 1.26 bits per heavy atom. The van der Waals surface area contributed by atoms with Crippen LogP contribution in [-0.4, -0.2) is 42.5 Å². The minimum Gasteiger partial charge on any atom is -0.389 e. The molecule has 1 aromatic rings. The van der Waals surface area contributed by atoms with Gasteiger partial charge in [-0.1, -0.05) is 13.8 Å². The normalized spacial score (nSPS) is 12.8. The van der Waals surface area contributed by atoms with E-state index in [1.807, 2.05) is 12.1 Å². The fourth-order valence-electron chi connectivity index (χ4n) is 1.74. The molecule has 0 saturated heterocycles. The lowest BCUT2D eigenvalue weighted by Crippen LogP contribution is -2.32. The second-order valence-corrected chi connectivity index (χ2v) is 5.24. The average Bonchev–Trinajstić information content (AvgIpc) is 2.39. The van der Waals surface area contributed by atoms with Gasteiger partial charge in [0.2, 0.25) is 0 Å². The highest BCUT2D eigenvalue weighted by molar-refractivity contribution is 5.09. The van der Waals surface area contributed by atoms with Crippen molar-refractivity contribution in [1.82, 2.24) is 10.3 Å². The first-order valence-corrected chi connectivity index (χ1v) is 7.04. The van der Waals surface area contributed by atoms with Crippen molar-refractivity contribution in [3.05, 3.63) is 30.1 Å². The molecule has 0 aliphatic heterocycles. The van der Waals surface area contributed by atoms with Gasteiger partial charge in [-0.3, -0.25) is 4.98 Å². The number of nitrogens with one attached hydrogen (secondary N) is 1. The van der Waals surface area contributed by atoms with Crippen molar-refractivity contribution in [3.8, 4) is 0 Å². The number of aliphatic hydroxyl groups is 1. The highest BCUT2D eigenvalue weighted by Gasteiger charge is 2.04. The lowest BCUT2D eigenvalue weighted by molar-refractivity contribution is 0.0359. The third-order valence-electron chi connectivity index (χ3n) is 2.75. The fourth-order valence-corrected chi connectivity index (χ4v) is 1.74. The van der Waals surface area contributed by atoms with Gasteiger partial charge in [0.15, 0.2) is 0 Å². The van der Waals surface area contributed by atoms with Crippen molar-refractivity contribution in [2.45, 2.75) is 32.8 Å². The van der Waals surface area contributed by atoms with E-state index in [1.165, 1.54) is 5.56 Å². The van der Waals surface area contributed by atoms with E-state index in [0.29, 0.717) is 25.7 Å². The van der Waals surface area contributed by atoms with Crippen LogP contribution in [0.5, 0.6) is 0 Å². The molecule has 2 N–H and O–H groups in total. The third-order valence-corrected chi connectivity index (χ3v) is 2.75. The Bertz CT molecular complexity index is 317. The topological polar surface area (TPSA) is 54.4 Å². The Labute approximate surface area is 116 Å². The standard InChI is InChI=1S/C15H26N2O2/c1-13(2)10-17-11-15(18)12-19-9-3-4-14-5-7-16-8-6-14/h5-8,13,15,17-18H,3-4,9-12H2,1-2H3. The van der Waals surface area contributed by atoms with E-state index in [2.05, 4.69) is 24.1 Å². The van der Waals surface area contributed by atoms with Gasteiger partial charge in [-0.25, -0.2) is 0 Å². The van der Waals surface area contributed by atoms with Crippen LogP contribution in [0.15, 0.2) is 24.5 Å². The van der Waals surface area contributed by atoms with Crippen LogP contribution in [0.4, 0.5) is 0 Å². The highest BCUT2D eigenvalue weighted by atomic mass is 16.5. The van der Waals surface area contributed by atoms with Gasteiger partial charge in [0.25, 0.3) is 0 Å². The number of rotatable bonds is 10. The summed E-state index contributed by atoms with van der Waals surface area (Å²) in [5.74, 6) is 0.605. The fraction of sp³-hybridized carbons (Fsp3) is 0.667. The molecule has 0 radical (unpaired) electrons. The summed E-state index contributed by atoms with van der Waals surface area (Å²) in [6.45, 7) is 6.91. The molecule has 0 fully saturated rings. The number of aliphatic hydroxyl groups excluding tert-OH is 1. The Morgan fingerprint density at radius 2 is 2.00 bits per heavy atom. The van der Waals surface area contributed by atoms with Crippen molar-refractivity contribution in [1.29, 1.82) is 0 Å². The number of pyridine rings is 1. The van der Waals surface area contributed by atoms with Crippen LogP contribution >= 0.6 is 0 Å². The van der Waals surface area contributed by atoms with E-state index >= 15 is 0 Å². The number of aryl methyl sites for hydroxylation is 1. The molecule has 4 nitrogen and oxygen atoms in total. The molecule has 1 unspecified atom stereocenters. The minimum absolute atomic E-state index is 0.404. The summed E-state index contributed by atoms with van der Waals surface area (Å²) >= 11 is 0. The molecule has 1 heterocycles. The molecule has 0 aliphatic rings. The summed E-state index contributed by atoms with van der Waals surface area (Å²) in [5, 5.41) is 12.9. The van der Waals surface area contributed by atoms with E-state index in [1.54, 1.807) is 12.4 Å². The predicted molar refractivity (Wildman–Crippen MR) is 77.1 cm³/mol. The second kappa shape index (κ2) is 9.89. The van der Waals surface area contributed by atoms with Gasteiger partial charge in [0.05, 0.1) is 12.7 Å². The molecule has 0 aromatic carbocycles. The van der Waals surface area contributed by atoms with Crippen LogP contribution in [0.1, 0.15) is 25.8 Å². The summed E-state index contributed by atoms with van der Waals surface area (Å²) in [6.07, 6.45) is 5.15. The van der Waals surface area contributed by atoms with Crippen molar-refractivity contribution in [2.75, 3.05) is 26.3 Å². The third kappa shape index (κ3) is 8.70. The van der Waals surface area contributed by atoms with Crippen molar-refractivity contribution in [2.24, 2.45) is 5.92 Å². The molecule has 1 atom stereocenters. The van der Waals surface area contributed by atoms with Gasteiger partial charge in [-0.05, 0) is 43.0 Å². The van der Waals surface area contributed by atoms with Crippen molar-refractivity contribution in [3.63, 3.8) is 0 Å². The number of hydrogen-bond donors (Lipinski definition) is 2. The zero-order chi connectivity index (χ0) is 13.9. The predicted octanol–water partition coefficient (Wildman–Crippen LogP) is 1.64. The lowest BCUT2D eigenvalue weighted by atomic mass is 10.1.